The monoisotopic (exact) mass is 155 g/mol. The van der Waals surface area contributed by atoms with Crippen molar-refractivity contribution in [2.75, 3.05) is 14.2 Å². The van der Waals surface area contributed by atoms with Crippen molar-refractivity contribution < 1.29 is 9.53 Å². The number of ether oxygens (including phenoxy) is 1. The smallest absolute Gasteiger partial charge is 0.269 e. The van der Waals surface area contributed by atoms with E-state index in [-0.39, 0.29) is 5.91 Å². The van der Waals surface area contributed by atoms with E-state index in [1.165, 1.54) is 13.2 Å². The molecule has 60 valence electrons. The maximum atomic E-state index is 10.9. The quantitative estimate of drug-likeness (QED) is 0.620. The molecule has 1 heterocycles. The van der Waals surface area contributed by atoms with E-state index in [1.54, 1.807) is 7.05 Å². The summed E-state index contributed by atoms with van der Waals surface area (Å²) >= 11 is 0. The van der Waals surface area contributed by atoms with E-state index in [4.69, 9.17) is 4.74 Å². The van der Waals surface area contributed by atoms with E-state index in [0.717, 1.165) is 0 Å². The van der Waals surface area contributed by atoms with Gasteiger partial charge in [-0.05, 0) is 0 Å². The van der Waals surface area contributed by atoms with Gasteiger partial charge in [-0.3, -0.25) is 9.89 Å². The van der Waals surface area contributed by atoms with Crippen molar-refractivity contribution >= 4 is 5.91 Å². The van der Waals surface area contributed by atoms with Gasteiger partial charge in [-0.25, -0.2) is 0 Å². The summed E-state index contributed by atoms with van der Waals surface area (Å²) in [5.41, 5.74) is 0.393. The van der Waals surface area contributed by atoms with Crippen LogP contribution in [-0.2, 0) is 0 Å². The number of hydrogen-bond acceptors (Lipinski definition) is 3. The first-order valence-corrected chi connectivity index (χ1v) is 3.09. The molecule has 11 heavy (non-hydrogen) atoms. The second kappa shape index (κ2) is 3.05. The van der Waals surface area contributed by atoms with Crippen molar-refractivity contribution in [3.63, 3.8) is 0 Å². The molecule has 0 aromatic carbocycles. The Balaban J connectivity index is 2.80. The average molecular weight is 155 g/mol. The van der Waals surface area contributed by atoms with Gasteiger partial charge < -0.3 is 10.1 Å². The van der Waals surface area contributed by atoms with Gasteiger partial charge >= 0.3 is 0 Å². The van der Waals surface area contributed by atoms with E-state index in [0.29, 0.717) is 11.6 Å². The maximum Gasteiger partial charge on any atom is 0.269 e. The number of rotatable bonds is 2. The molecule has 0 radical (unpaired) electrons. The third-order valence-electron chi connectivity index (χ3n) is 1.24. The van der Waals surface area contributed by atoms with Crippen molar-refractivity contribution in [1.29, 1.82) is 0 Å². The summed E-state index contributed by atoms with van der Waals surface area (Å²) < 4.78 is 4.77. The minimum absolute atomic E-state index is 0.208. The highest BCUT2D eigenvalue weighted by Gasteiger charge is 2.06. The van der Waals surface area contributed by atoms with Crippen LogP contribution in [0.15, 0.2) is 6.07 Å². The van der Waals surface area contributed by atoms with Crippen LogP contribution >= 0.6 is 0 Å². The molecule has 0 atom stereocenters. The zero-order valence-electron chi connectivity index (χ0n) is 6.34. The molecule has 1 amide bonds. The third kappa shape index (κ3) is 1.49. The molecule has 0 fully saturated rings. The first-order chi connectivity index (χ1) is 5.27. The normalized spacial score (nSPS) is 9.27. The summed E-state index contributed by atoms with van der Waals surface area (Å²) in [5, 5.41) is 8.67. The standard InChI is InChI=1S/C6H9N3O2/c1-7-6(10)4-3-5(11-2)9-8-4/h3H,1-2H3,(H,7,10)(H,8,9). The average Bonchev–Trinajstić information content (AvgIpc) is 2.50. The number of hydrogen-bond donors (Lipinski definition) is 2. The van der Waals surface area contributed by atoms with E-state index < -0.39 is 0 Å². The van der Waals surface area contributed by atoms with Crippen LogP contribution < -0.4 is 10.1 Å². The van der Waals surface area contributed by atoms with Gasteiger partial charge in [0, 0.05) is 13.1 Å². The SMILES string of the molecule is CNC(=O)c1cc(OC)n[nH]1. The minimum Gasteiger partial charge on any atom is -0.480 e. The largest absolute Gasteiger partial charge is 0.480 e. The summed E-state index contributed by atoms with van der Waals surface area (Å²) in [6.07, 6.45) is 0. The fourth-order valence-electron chi connectivity index (χ4n) is 0.659. The van der Waals surface area contributed by atoms with Crippen molar-refractivity contribution in [1.82, 2.24) is 15.5 Å². The van der Waals surface area contributed by atoms with Crippen LogP contribution in [0.1, 0.15) is 10.5 Å². The van der Waals surface area contributed by atoms with Gasteiger partial charge in [-0.15, -0.1) is 5.10 Å². The summed E-state index contributed by atoms with van der Waals surface area (Å²) in [6, 6.07) is 1.53. The van der Waals surface area contributed by atoms with Gasteiger partial charge in [0.1, 0.15) is 5.69 Å². The number of carbonyl (C=O) groups is 1. The van der Waals surface area contributed by atoms with Gasteiger partial charge in [-0.2, -0.15) is 0 Å². The lowest BCUT2D eigenvalue weighted by Gasteiger charge is -1.90. The van der Waals surface area contributed by atoms with Crippen LogP contribution in [0.2, 0.25) is 0 Å². The van der Waals surface area contributed by atoms with Crippen LogP contribution in [0.5, 0.6) is 5.88 Å². The molecule has 1 aromatic heterocycles. The summed E-state index contributed by atoms with van der Waals surface area (Å²) in [5.74, 6) is 0.199. The fraction of sp³-hybridized carbons (Fsp3) is 0.333. The Morgan fingerprint density at radius 1 is 1.82 bits per heavy atom. The summed E-state index contributed by atoms with van der Waals surface area (Å²) in [6.45, 7) is 0. The Morgan fingerprint density at radius 3 is 3.00 bits per heavy atom. The molecule has 5 heteroatoms. The topological polar surface area (TPSA) is 67.0 Å². The fourth-order valence-corrected chi connectivity index (χ4v) is 0.659. The van der Waals surface area contributed by atoms with Crippen LogP contribution in [0, 0.1) is 0 Å². The molecule has 2 N–H and O–H groups in total. The lowest BCUT2D eigenvalue weighted by atomic mass is 10.4. The number of nitrogens with one attached hydrogen (secondary N) is 2. The molecule has 0 aliphatic carbocycles. The molecule has 0 saturated heterocycles. The number of aromatic amines is 1. The number of nitrogens with zero attached hydrogens (tertiary/aromatic N) is 1. The first-order valence-electron chi connectivity index (χ1n) is 3.09. The highest BCUT2D eigenvalue weighted by Crippen LogP contribution is 2.05. The van der Waals surface area contributed by atoms with Crippen molar-refractivity contribution in [2.45, 2.75) is 0 Å². The Kier molecular flexibility index (Phi) is 2.10. The molecular weight excluding hydrogens is 146 g/mol. The molecule has 0 spiro atoms. The lowest BCUT2D eigenvalue weighted by Crippen LogP contribution is -2.17. The Labute approximate surface area is 63.7 Å². The van der Waals surface area contributed by atoms with Gasteiger partial charge in [0.05, 0.1) is 7.11 Å². The third-order valence-corrected chi connectivity index (χ3v) is 1.24. The van der Waals surface area contributed by atoms with Crippen molar-refractivity contribution in [3.05, 3.63) is 11.8 Å². The molecule has 0 saturated carbocycles. The lowest BCUT2D eigenvalue weighted by molar-refractivity contribution is 0.0958. The van der Waals surface area contributed by atoms with Crippen LogP contribution in [0.25, 0.3) is 0 Å². The van der Waals surface area contributed by atoms with Crippen LogP contribution in [0.4, 0.5) is 0 Å². The number of methoxy groups -OCH3 is 1. The predicted molar refractivity (Wildman–Crippen MR) is 38.5 cm³/mol. The maximum absolute atomic E-state index is 10.9. The molecule has 0 aliphatic rings. The molecular formula is C6H9N3O2. The summed E-state index contributed by atoms with van der Waals surface area (Å²) in [4.78, 5) is 10.9. The predicted octanol–water partition coefficient (Wildman–Crippen LogP) is -0.222. The zero-order valence-corrected chi connectivity index (χ0v) is 6.34. The number of H-pyrrole nitrogens is 1. The van der Waals surface area contributed by atoms with Gasteiger partial charge in [-0.1, -0.05) is 0 Å². The van der Waals surface area contributed by atoms with E-state index in [9.17, 15) is 4.79 Å². The van der Waals surface area contributed by atoms with Gasteiger partial charge in [0.25, 0.3) is 5.91 Å². The zero-order chi connectivity index (χ0) is 8.27. The van der Waals surface area contributed by atoms with Crippen molar-refractivity contribution in [2.24, 2.45) is 0 Å². The Morgan fingerprint density at radius 2 is 2.55 bits per heavy atom. The highest BCUT2D eigenvalue weighted by molar-refractivity contribution is 5.92. The minimum atomic E-state index is -0.208. The molecule has 1 aromatic rings. The van der Waals surface area contributed by atoms with Crippen LogP contribution in [0.3, 0.4) is 0 Å². The van der Waals surface area contributed by atoms with Crippen molar-refractivity contribution in [3.8, 4) is 5.88 Å². The number of aromatic nitrogens is 2. The van der Waals surface area contributed by atoms with Crippen LogP contribution in [-0.4, -0.2) is 30.3 Å². The molecule has 0 aliphatic heterocycles. The summed E-state index contributed by atoms with van der Waals surface area (Å²) in [7, 11) is 3.04. The first kappa shape index (κ1) is 7.59. The molecule has 0 unspecified atom stereocenters. The van der Waals surface area contributed by atoms with E-state index in [1.807, 2.05) is 0 Å². The molecule has 0 bridgehead atoms. The Bertz CT molecular complexity index is 256. The number of carbonyl (C=O) groups excluding carboxylic acids is 1. The number of amides is 1. The van der Waals surface area contributed by atoms with Gasteiger partial charge in [0.15, 0.2) is 0 Å². The second-order valence-electron chi connectivity index (χ2n) is 1.90. The molecule has 1 rings (SSSR count). The van der Waals surface area contributed by atoms with E-state index in [2.05, 4.69) is 15.5 Å². The second-order valence-corrected chi connectivity index (χ2v) is 1.90. The molecule has 5 nitrogen and oxygen atoms in total. The Hall–Kier alpha value is -1.52. The van der Waals surface area contributed by atoms with E-state index >= 15 is 0 Å². The highest BCUT2D eigenvalue weighted by atomic mass is 16.5. The van der Waals surface area contributed by atoms with Gasteiger partial charge in [0.2, 0.25) is 5.88 Å².